The van der Waals surface area contributed by atoms with Crippen LogP contribution in [0, 0.1) is 0 Å². The van der Waals surface area contributed by atoms with Gasteiger partial charge in [0.05, 0.1) is 4.58 Å². The number of hydrogen-bond acceptors (Lipinski definition) is 6. The molecule has 2 aliphatic rings. The number of nitrogens with one attached hydrogen (secondary N) is 1. The molecule has 2 aliphatic heterocycles. The molecule has 1 aromatic carbocycles. The molecular weight excluding hydrogens is 436 g/mol. The maximum Gasteiger partial charge on any atom is 0.257 e. The quantitative estimate of drug-likeness (QED) is 0.672. The van der Waals surface area contributed by atoms with Crippen molar-refractivity contribution < 1.29 is 14.3 Å². The molecule has 1 aromatic heterocycles. The third kappa shape index (κ3) is 5.74. The van der Waals surface area contributed by atoms with Gasteiger partial charge in [-0.15, -0.1) is 34.9 Å². The minimum atomic E-state index is -0.205. The van der Waals surface area contributed by atoms with Crippen LogP contribution in [-0.4, -0.2) is 47.9 Å². The molecule has 0 unspecified atom stereocenters. The Morgan fingerprint density at radius 3 is 2.73 bits per heavy atom. The van der Waals surface area contributed by atoms with E-state index < -0.39 is 0 Å². The lowest BCUT2D eigenvalue weighted by Crippen LogP contribution is -2.38. The molecule has 4 rings (SSSR count). The van der Waals surface area contributed by atoms with E-state index in [1.165, 1.54) is 33.9 Å². The first-order valence-electron chi connectivity index (χ1n) is 10.2. The first-order chi connectivity index (χ1) is 14.7. The second-order valence-corrected chi connectivity index (χ2v) is 11.0. The second kappa shape index (κ2) is 10.6. The van der Waals surface area contributed by atoms with Crippen molar-refractivity contribution in [3.63, 3.8) is 0 Å². The van der Waals surface area contributed by atoms with E-state index in [9.17, 15) is 9.59 Å². The van der Waals surface area contributed by atoms with E-state index in [4.69, 9.17) is 4.74 Å². The fraction of sp³-hybridized carbons (Fsp3) is 0.455. The third-order valence-corrected chi connectivity index (χ3v) is 9.21. The van der Waals surface area contributed by atoms with Crippen LogP contribution >= 0.6 is 34.9 Å². The molecule has 5 nitrogen and oxygen atoms in total. The summed E-state index contributed by atoms with van der Waals surface area (Å²) in [6, 6.07) is 10.1. The lowest BCUT2D eigenvalue weighted by molar-refractivity contribution is -0.132. The predicted octanol–water partition coefficient (Wildman–Crippen LogP) is 4.09. The van der Waals surface area contributed by atoms with Crippen LogP contribution in [0.15, 0.2) is 35.7 Å². The standard InChI is InChI=1S/C22H26N2O3S3/c25-20(15-27-18-4-2-16(3-5-18)22-29-11-1-12-30-22)23-9-6-21(26)24-10-7-19-17(14-24)8-13-28-19/h2-5,8,13,22H,1,6-7,9-12,14-15H2,(H,23,25). The highest BCUT2D eigenvalue weighted by Crippen LogP contribution is 2.43. The van der Waals surface area contributed by atoms with Crippen LogP contribution in [0.1, 0.15) is 33.4 Å². The van der Waals surface area contributed by atoms with Crippen molar-refractivity contribution in [2.45, 2.75) is 30.4 Å². The largest absolute Gasteiger partial charge is 0.484 e. The zero-order valence-electron chi connectivity index (χ0n) is 16.8. The molecule has 30 heavy (non-hydrogen) atoms. The summed E-state index contributed by atoms with van der Waals surface area (Å²) in [5, 5.41) is 4.87. The van der Waals surface area contributed by atoms with Crippen molar-refractivity contribution in [3.05, 3.63) is 51.7 Å². The molecule has 0 spiro atoms. The molecule has 0 aliphatic carbocycles. The van der Waals surface area contributed by atoms with Gasteiger partial charge < -0.3 is 15.0 Å². The minimum Gasteiger partial charge on any atom is -0.484 e. The van der Waals surface area contributed by atoms with Gasteiger partial charge in [-0.1, -0.05) is 12.1 Å². The smallest absolute Gasteiger partial charge is 0.257 e. The Bertz CT molecular complexity index is 863. The summed E-state index contributed by atoms with van der Waals surface area (Å²) >= 11 is 5.73. The average molecular weight is 463 g/mol. The van der Waals surface area contributed by atoms with Gasteiger partial charge in [0.15, 0.2) is 6.61 Å². The molecule has 0 bridgehead atoms. The number of carbonyl (C=O) groups is 2. The van der Waals surface area contributed by atoms with Crippen LogP contribution in [0.4, 0.5) is 0 Å². The van der Waals surface area contributed by atoms with Gasteiger partial charge in [0.25, 0.3) is 5.91 Å². The zero-order valence-corrected chi connectivity index (χ0v) is 19.3. The third-order valence-electron chi connectivity index (χ3n) is 5.17. The summed E-state index contributed by atoms with van der Waals surface area (Å²) in [7, 11) is 0. The van der Waals surface area contributed by atoms with Gasteiger partial charge in [-0.05, 0) is 59.1 Å². The highest BCUT2D eigenvalue weighted by Gasteiger charge is 2.21. The Labute approximate surface area is 189 Å². The molecule has 8 heteroatoms. The molecule has 0 radical (unpaired) electrons. The fourth-order valence-corrected chi connectivity index (χ4v) is 7.31. The van der Waals surface area contributed by atoms with Crippen LogP contribution in [-0.2, 0) is 22.6 Å². The molecule has 1 saturated heterocycles. The number of ether oxygens (including phenoxy) is 1. The van der Waals surface area contributed by atoms with E-state index in [2.05, 4.69) is 28.9 Å². The van der Waals surface area contributed by atoms with Gasteiger partial charge in [0, 0.05) is 30.9 Å². The monoisotopic (exact) mass is 462 g/mol. The Balaban J connectivity index is 1.14. The first kappa shape index (κ1) is 21.6. The Morgan fingerprint density at radius 2 is 1.93 bits per heavy atom. The number of hydrogen-bond donors (Lipinski definition) is 1. The van der Waals surface area contributed by atoms with Crippen molar-refractivity contribution in [2.24, 2.45) is 0 Å². The topological polar surface area (TPSA) is 58.6 Å². The number of thioether (sulfide) groups is 2. The summed E-state index contributed by atoms with van der Waals surface area (Å²) in [6.45, 7) is 1.74. The Hall–Kier alpha value is -1.64. The summed E-state index contributed by atoms with van der Waals surface area (Å²) < 4.78 is 6.09. The molecule has 3 heterocycles. The van der Waals surface area contributed by atoms with Gasteiger partial charge in [0.2, 0.25) is 5.91 Å². The van der Waals surface area contributed by atoms with E-state index in [-0.39, 0.29) is 18.4 Å². The van der Waals surface area contributed by atoms with Crippen molar-refractivity contribution in [1.82, 2.24) is 10.2 Å². The molecule has 160 valence electrons. The van der Waals surface area contributed by atoms with E-state index in [0.29, 0.717) is 29.8 Å². The Kier molecular flexibility index (Phi) is 7.62. The van der Waals surface area contributed by atoms with Crippen molar-refractivity contribution in [1.29, 1.82) is 0 Å². The molecule has 0 atom stereocenters. The summed E-state index contributed by atoms with van der Waals surface area (Å²) in [5.41, 5.74) is 2.55. The van der Waals surface area contributed by atoms with Crippen molar-refractivity contribution in [2.75, 3.05) is 31.2 Å². The van der Waals surface area contributed by atoms with Crippen LogP contribution in [0.25, 0.3) is 0 Å². The molecular formula is C22H26N2O3S3. The Morgan fingerprint density at radius 1 is 1.13 bits per heavy atom. The maximum atomic E-state index is 12.4. The number of benzene rings is 1. The summed E-state index contributed by atoms with van der Waals surface area (Å²) in [6.07, 6.45) is 2.52. The van der Waals surface area contributed by atoms with Crippen LogP contribution in [0.2, 0.25) is 0 Å². The van der Waals surface area contributed by atoms with Gasteiger partial charge in [-0.2, -0.15) is 0 Å². The number of fused-ring (bicyclic) bond motifs is 1. The van der Waals surface area contributed by atoms with Crippen LogP contribution < -0.4 is 10.1 Å². The first-order valence-corrected chi connectivity index (χ1v) is 13.2. The van der Waals surface area contributed by atoms with Crippen molar-refractivity contribution >= 4 is 46.7 Å². The molecule has 2 aromatic rings. The van der Waals surface area contributed by atoms with E-state index in [0.717, 1.165) is 13.0 Å². The highest BCUT2D eigenvalue weighted by molar-refractivity contribution is 8.16. The van der Waals surface area contributed by atoms with Crippen molar-refractivity contribution in [3.8, 4) is 5.75 Å². The zero-order chi connectivity index (χ0) is 20.8. The summed E-state index contributed by atoms with van der Waals surface area (Å²) in [4.78, 5) is 27.7. The van der Waals surface area contributed by atoms with E-state index in [1.54, 1.807) is 11.3 Å². The molecule has 1 N–H and O–H groups in total. The molecule has 1 fully saturated rings. The lowest BCUT2D eigenvalue weighted by Gasteiger charge is -2.27. The normalized spacial score (nSPS) is 16.7. The minimum absolute atomic E-state index is 0.0392. The van der Waals surface area contributed by atoms with Gasteiger partial charge in [-0.3, -0.25) is 9.59 Å². The molecule has 0 saturated carbocycles. The number of amides is 2. The van der Waals surface area contributed by atoms with Gasteiger partial charge in [0.1, 0.15) is 5.75 Å². The number of carbonyl (C=O) groups excluding carboxylic acids is 2. The second-order valence-electron chi connectivity index (χ2n) is 7.32. The van der Waals surface area contributed by atoms with E-state index in [1.807, 2.05) is 40.6 Å². The predicted molar refractivity (Wildman–Crippen MR) is 125 cm³/mol. The highest BCUT2D eigenvalue weighted by atomic mass is 32.2. The number of thiophene rings is 1. The maximum absolute atomic E-state index is 12.4. The number of rotatable bonds is 7. The number of nitrogens with zero attached hydrogens (tertiary/aromatic N) is 1. The molecule has 2 amide bonds. The van der Waals surface area contributed by atoms with Crippen LogP contribution in [0.3, 0.4) is 0 Å². The van der Waals surface area contributed by atoms with Gasteiger partial charge in [-0.25, -0.2) is 0 Å². The fourth-order valence-electron chi connectivity index (χ4n) is 3.53. The SMILES string of the molecule is O=C(COc1ccc(C2SCCCS2)cc1)NCCC(=O)N1CCc2sccc2C1. The average Bonchev–Trinajstić information content (AvgIpc) is 3.26. The summed E-state index contributed by atoms with van der Waals surface area (Å²) in [5.74, 6) is 3.00. The van der Waals surface area contributed by atoms with E-state index >= 15 is 0 Å². The lowest BCUT2D eigenvalue weighted by atomic mass is 10.1. The van der Waals surface area contributed by atoms with Gasteiger partial charge >= 0.3 is 0 Å². The van der Waals surface area contributed by atoms with Crippen LogP contribution in [0.5, 0.6) is 5.75 Å².